The van der Waals surface area contributed by atoms with E-state index in [4.69, 9.17) is 4.74 Å². The van der Waals surface area contributed by atoms with Gasteiger partial charge in [-0.05, 0) is 35.9 Å². The molecular weight excluding hydrogens is 294 g/mol. The quantitative estimate of drug-likeness (QED) is 0.943. The molecule has 0 aliphatic carbocycles. The highest BCUT2D eigenvalue weighted by Gasteiger charge is 2.13. The standard InChI is InChI=1S/C14H14BrNO2/c1-18-11-5-6-13(15)12(9-11)14(17)8-10-4-2-3-7-16-10/h2-7,9,14,17H,8H2,1H3. The Balaban J connectivity index is 2.20. The van der Waals surface area contributed by atoms with Gasteiger partial charge in [-0.3, -0.25) is 4.98 Å². The zero-order chi connectivity index (χ0) is 13.0. The van der Waals surface area contributed by atoms with Gasteiger partial charge in [-0.15, -0.1) is 0 Å². The molecule has 0 amide bonds. The number of pyridine rings is 1. The highest BCUT2D eigenvalue weighted by atomic mass is 79.9. The second-order valence-corrected chi connectivity index (χ2v) is 4.78. The molecule has 0 bridgehead atoms. The van der Waals surface area contributed by atoms with Crippen molar-refractivity contribution in [3.63, 3.8) is 0 Å². The van der Waals surface area contributed by atoms with Gasteiger partial charge in [0.05, 0.1) is 13.2 Å². The lowest BCUT2D eigenvalue weighted by atomic mass is 10.0. The van der Waals surface area contributed by atoms with E-state index in [0.29, 0.717) is 6.42 Å². The zero-order valence-electron chi connectivity index (χ0n) is 10.0. The fraction of sp³-hybridized carbons (Fsp3) is 0.214. The van der Waals surface area contributed by atoms with Gasteiger partial charge in [0.1, 0.15) is 5.75 Å². The summed E-state index contributed by atoms with van der Waals surface area (Å²) in [7, 11) is 1.61. The lowest BCUT2D eigenvalue weighted by Gasteiger charge is -2.13. The number of aliphatic hydroxyl groups is 1. The van der Waals surface area contributed by atoms with Crippen LogP contribution in [0.1, 0.15) is 17.4 Å². The predicted octanol–water partition coefficient (Wildman–Crippen LogP) is 3.13. The Morgan fingerprint density at radius 1 is 1.33 bits per heavy atom. The SMILES string of the molecule is COc1ccc(Br)c(C(O)Cc2ccccn2)c1. The maximum absolute atomic E-state index is 10.2. The molecule has 1 atom stereocenters. The summed E-state index contributed by atoms with van der Waals surface area (Å²) in [5.41, 5.74) is 1.67. The first-order valence-electron chi connectivity index (χ1n) is 5.62. The van der Waals surface area contributed by atoms with Crippen LogP contribution in [0.15, 0.2) is 47.1 Å². The number of nitrogens with zero attached hydrogens (tertiary/aromatic N) is 1. The maximum atomic E-state index is 10.2. The number of aliphatic hydroxyl groups excluding tert-OH is 1. The molecule has 0 radical (unpaired) electrons. The van der Waals surface area contributed by atoms with Crippen LogP contribution >= 0.6 is 15.9 Å². The molecule has 0 spiro atoms. The van der Waals surface area contributed by atoms with Crippen LogP contribution in [0.3, 0.4) is 0 Å². The topological polar surface area (TPSA) is 42.4 Å². The van der Waals surface area contributed by atoms with Crippen LogP contribution in [0, 0.1) is 0 Å². The average Bonchev–Trinajstić information content (AvgIpc) is 2.40. The van der Waals surface area contributed by atoms with Gasteiger partial charge in [-0.1, -0.05) is 22.0 Å². The Bertz CT molecular complexity index is 516. The van der Waals surface area contributed by atoms with Gasteiger partial charge >= 0.3 is 0 Å². The summed E-state index contributed by atoms with van der Waals surface area (Å²) < 4.78 is 6.03. The van der Waals surface area contributed by atoms with Crippen molar-refractivity contribution in [3.05, 3.63) is 58.3 Å². The summed E-state index contributed by atoms with van der Waals surface area (Å²) in [5.74, 6) is 0.730. The highest BCUT2D eigenvalue weighted by molar-refractivity contribution is 9.10. The van der Waals surface area contributed by atoms with Crippen LogP contribution in [-0.4, -0.2) is 17.2 Å². The van der Waals surface area contributed by atoms with Crippen molar-refractivity contribution < 1.29 is 9.84 Å². The van der Waals surface area contributed by atoms with E-state index >= 15 is 0 Å². The Morgan fingerprint density at radius 3 is 2.83 bits per heavy atom. The summed E-state index contributed by atoms with van der Waals surface area (Å²) in [6, 6.07) is 11.2. The van der Waals surface area contributed by atoms with Crippen molar-refractivity contribution in [2.24, 2.45) is 0 Å². The molecule has 0 saturated carbocycles. The third-order valence-electron chi connectivity index (χ3n) is 2.69. The smallest absolute Gasteiger partial charge is 0.119 e. The van der Waals surface area contributed by atoms with Crippen molar-refractivity contribution in [1.29, 1.82) is 0 Å². The second-order valence-electron chi connectivity index (χ2n) is 3.93. The van der Waals surface area contributed by atoms with Crippen molar-refractivity contribution in [2.45, 2.75) is 12.5 Å². The lowest BCUT2D eigenvalue weighted by molar-refractivity contribution is 0.176. The molecule has 1 aromatic carbocycles. The summed E-state index contributed by atoms with van der Waals surface area (Å²) >= 11 is 3.44. The van der Waals surface area contributed by atoms with E-state index in [1.54, 1.807) is 13.3 Å². The Hall–Kier alpha value is -1.39. The van der Waals surface area contributed by atoms with Crippen LogP contribution in [-0.2, 0) is 6.42 Å². The van der Waals surface area contributed by atoms with E-state index in [2.05, 4.69) is 20.9 Å². The van der Waals surface area contributed by atoms with E-state index in [1.165, 1.54) is 0 Å². The van der Waals surface area contributed by atoms with Gasteiger partial charge in [0.2, 0.25) is 0 Å². The minimum Gasteiger partial charge on any atom is -0.497 e. The largest absolute Gasteiger partial charge is 0.497 e. The Morgan fingerprint density at radius 2 is 2.17 bits per heavy atom. The van der Waals surface area contributed by atoms with E-state index < -0.39 is 6.10 Å². The molecule has 1 unspecified atom stereocenters. The van der Waals surface area contributed by atoms with E-state index in [-0.39, 0.29) is 0 Å². The maximum Gasteiger partial charge on any atom is 0.119 e. The van der Waals surface area contributed by atoms with E-state index in [0.717, 1.165) is 21.5 Å². The summed E-state index contributed by atoms with van der Waals surface area (Å²) in [6.45, 7) is 0. The van der Waals surface area contributed by atoms with Crippen molar-refractivity contribution in [3.8, 4) is 5.75 Å². The minimum absolute atomic E-state index is 0.479. The number of halogens is 1. The van der Waals surface area contributed by atoms with E-state index in [1.807, 2.05) is 36.4 Å². The molecule has 18 heavy (non-hydrogen) atoms. The first-order valence-corrected chi connectivity index (χ1v) is 6.41. The van der Waals surface area contributed by atoms with Gasteiger partial charge in [0, 0.05) is 22.8 Å². The second kappa shape index (κ2) is 5.98. The molecule has 0 fully saturated rings. The molecule has 3 nitrogen and oxygen atoms in total. The Labute approximate surface area is 115 Å². The van der Waals surface area contributed by atoms with Gasteiger partial charge < -0.3 is 9.84 Å². The Kier molecular flexibility index (Phi) is 4.33. The summed E-state index contributed by atoms with van der Waals surface area (Å²) in [4.78, 5) is 4.21. The van der Waals surface area contributed by atoms with Crippen LogP contribution < -0.4 is 4.74 Å². The van der Waals surface area contributed by atoms with Crippen LogP contribution in [0.4, 0.5) is 0 Å². The molecule has 1 heterocycles. The number of aromatic nitrogens is 1. The number of rotatable bonds is 4. The number of hydrogen-bond donors (Lipinski definition) is 1. The molecule has 0 aliphatic heterocycles. The molecular formula is C14H14BrNO2. The van der Waals surface area contributed by atoms with Gasteiger partial charge in [0.15, 0.2) is 0 Å². The third-order valence-corrected chi connectivity index (χ3v) is 3.41. The van der Waals surface area contributed by atoms with Crippen LogP contribution in [0.5, 0.6) is 5.75 Å². The molecule has 94 valence electrons. The molecule has 4 heteroatoms. The third kappa shape index (κ3) is 3.09. The lowest BCUT2D eigenvalue weighted by Crippen LogP contribution is -2.04. The number of benzene rings is 1. The zero-order valence-corrected chi connectivity index (χ0v) is 11.6. The number of methoxy groups -OCH3 is 1. The number of ether oxygens (including phenoxy) is 1. The van der Waals surface area contributed by atoms with Gasteiger partial charge in [0.25, 0.3) is 0 Å². The van der Waals surface area contributed by atoms with Gasteiger partial charge in [-0.25, -0.2) is 0 Å². The molecule has 0 aliphatic rings. The number of hydrogen-bond acceptors (Lipinski definition) is 3. The predicted molar refractivity (Wildman–Crippen MR) is 73.6 cm³/mol. The van der Waals surface area contributed by atoms with E-state index in [9.17, 15) is 5.11 Å². The first-order chi connectivity index (χ1) is 8.70. The molecule has 1 aromatic heterocycles. The van der Waals surface area contributed by atoms with Crippen molar-refractivity contribution in [2.75, 3.05) is 7.11 Å². The fourth-order valence-electron chi connectivity index (χ4n) is 1.73. The minimum atomic E-state index is -0.607. The highest BCUT2D eigenvalue weighted by Crippen LogP contribution is 2.29. The molecule has 2 rings (SSSR count). The fourth-order valence-corrected chi connectivity index (χ4v) is 2.24. The van der Waals surface area contributed by atoms with Crippen molar-refractivity contribution in [1.82, 2.24) is 4.98 Å². The molecule has 1 N–H and O–H groups in total. The normalized spacial score (nSPS) is 12.2. The molecule has 2 aromatic rings. The van der Waals surface area contributed by atoms with Crippen LogP contribution in [0.2, 0.25) is 0 Å². The van der Waals surface area contributed by atoms with Gasteiger partial charge in [-0.2, -0.15) is 0 Å². The van der Waals surface area contributed by atoms with Crippen molar-refractivity contribution >= 4 is 15.9 Å². The monoisotopic (exact) mass is 307 g/mol. The first kappa shape index (κ1) is 13.1. The van der Waals surface area contributed by atoms with Crippen LogP contribution in [0.25, 0.3) is 0 Å². The average molecular weight is 308 g/mol. The molecule has 0 saturated heterocycles. The summed E-state index contributed by atoms with van der Waals surface area (Å²) in [5, 5.41) is 10.2. The summed E-state index contributed by atoms with van der Waals surface area (Å²) in [6.07, 6.45) is 1.60.